The maximum absolute atomic E-state index is 8.45. The molecule has 44 heavy (non-hydrogen) atoms. The van der Waals surface area contributed by atoms with Crippen LogP contribution in [0.1, 0.15) is 81.2 Å². The monoisotopic (exact) mass is 713 g/mol. The first kappa shape index (κ1) is 32.0. The van der Waals surface area contributed by atoms with E-state index in [2.05, 4.69) is 138 Å². The van der Waals surface area contributed by atoms with Gasteiger partial charge < -0.3 is 0 Å². The third-order valence-corrected chi connectivity index (χ3v) is 62.6. The van der Waals surface area contributed by atoms with Gasteiger partial charge in [0.2, 0.25) is 0 Å². The Morgan fingerprint density at radius 1 is 0.591 bits per heavy atom. The third kappa shape index (κ3) is 5.23. The van der Waals surface area contributed by atoms with Crippen LogP contribution >= 0.6 is 17.0 Å². The summed E-state index contributed by atoms with van der Waals surface area (Å²) in [6.07, 6.45) is 9.38. The summed E-state index contributed by atoms with van der Waals surface area (Å²) >= 11 is -4.69. The van der Waals surface area contributed by atoms with Gasteiger partial charge in [0, 0.05) is 0 Å². The van der Waals surface area contributed by atoms with Crippen molar-refractivity contribution < 1.29 is 15.6 Å². The fourth-order valence-electron chi connectivity index (χ4n) is 8.18. The van der Waals surface area contributed by atoms with Gasteiger partial charge in [-0.25, -0.2) is 0 Å². The van der Waals surface area contributed by atoms with E-state index in [0.717, 1.165) is 25.7 Å². The van der Waals surface area contributed by atoms with Crippen molar-refractivity contribution in [3.63, 3.8) is 0 Å². The average Bonchev–Trinajstić information content (AvgIpc) is 3.55. The second-order valence-corrected chi connectivity index (χ2v) is 56.0. The zero-order valence-electron chi connectivity index (χ0n) is 27.1. The van der Waals surface area contributed by atoms with Crippen molar-refractivity contribution in [2.24, 2.45) is 0 Å². The van der Waals surface area contributed by atoms with Gasteiger partial charge in [0.1, 0.15) is 0 Å². The van der Waals surface area contributed by atoms with Crippen LogP contribution < -0.4 is 0 Å². The molecule has 0 spiro atoms. The van der Waals surface area contributed by atoms with Gasteiger partial charge in [-0.3, -0.25) is 0 Å². The van der Waals surface area contributed by atoms with E-state index in [1.807, 2.05) is 0 Å². The molecule has 0 saturated heterocycles. The SMILES string of the molecule is CCCc1ccc(-c2cccc3c2C=C(C)[CH]3[Zr]([Cl])([Cl])([CH]2C(C)=Cc3c(-c4ccc(CCC)cc4)cccc32)[SiH](C)C)cc1. The van der Waals surface area contributed by atoms with Crippen molar-refractivity contribution in [2.75, 3.05) is 0 Å². The van der Waals surface area contributed by atoms with Crippen LogP contribution in [0, 0.1) is 0 Å². The van der Waals surface area contributed by atoms with Crippen molar-refractivity contribution in [2.45, 2.75) is 73.7 Å². The molecule has 0 amide bonds. The van der Waals surface area contributed by atoms with Gasteiger partial charge in [-0.2, -0.15) is 0 Å². The molecule has 0 bridgehead atoms. The van der Waals surface area contributed by atoms with Crippen LogP contribution in [-0.4, -0.2) is 5.92 Å². The minimum absolute atomic E-state index is 0.108. The number of aryl methyl sites for hydroxylation is 2. The second-order valence-electron chi connectivity index (χ2n) is 13.5. The molecule has 0 heterocycles. The Bertz CT molecular complexity index is 1640. The number of benzene rings is 4. The molecule has 6 rings (SSSR count). The van der Waals surface area contributed by atoms with Crippen molar-refractivity contribution in [1.82, 2.24) is 0 Å². The standard InChI is InChI=1S/2C19H19.C2H7Si.2ClH.Zr/c2*1-3-5-15-8-10-16(11-9-15)18-7-4-6-17-12-14(2)13-19(17)18;1-3-2;;;/h2*4,6-13H,3,5H2,1-2H3;3H,1-2H3;2*1H;/q;;;;;+2/p-2. The van der Waals surface area contributed by atoms with E-state index in [1.54, 1.807) is 0 Å². The second kappa shape index (κ2) is 12.3. The Morgan fingerprint density at radius 3 is 1.32 bits per heavy atom. The summed E-state index contributed by atoms with van der Waals surface area (Å²) in [5.74, 6) is -1.57. The fraction of sp³-hybridized carbons (Fsp3) is 0.300. The van der Waals surface area contributed by atoms with Gasteiger partial charge in [0.25, 0.3) is 0 Å². The van der Waals surface area contributed by atoms with Crippen molar-refractivity contribution in [1.29, 1.82) is 0 Å². The first-order valence-corrected chi connectivity index (χ1v) is 32.8. The topological polar surface area (TPSA) is 0 Å². The van der Waals surface area contributed by atoms with E-state index in [1.165, 1.54) is 66.8 Å². The van der Waals surface area contributed by atoms with Gasteiger partial charge in [-0.1, -0.05) is 0 Å². The predicted octanol–water partition coefficient (Wildman–Crippen LogP) is 12.5. The van der Waals surface area contributed by atoms with E-state index in [-0.39, 0.29) is 7.25 Å². The van der Waals surface area contributed by atoms with Crippen LogP contribution in [0.15, 0.2) is 96.1 Å². The normalized spacial score (nSPS) is 18.4. The summed E-state index contributed by atoms with van der Waals surface area (Å²) in [5.41, 5.74) is 15.9. The molecule has 0 fully saturated rings. The van der Waals surface area contributed by atoms with Crippen molar-refractivity contribution in [3.8, 4) is 22.3 Å². The molecular weight excluding hydrogens is 671 g/mol. The Labute approximate surface area is 274 Å². The van der Waals surface area contributed by atoms with E-state index in [9.17, 15) is 0 Å². The summed E-state index contributed by atoms with van der Waals surface area (Å²) in [6, 6.07) is 31.9. The van der Waals surface area contributed by atoms with E-state index in [0.29, 0.717) is 0 Å². The predicted molar refractivity (Wildman–Crippen MR) is 195 cm³/mol. The van der Waals surface area contributed by atoms with E-state index < -0.39 is 21.5 Å². The van der Waals surface area contributed by atoms with Crippen LogP contribution in [0.5, 0.6) is 0 Å². The van der Waals surface area contributed by atoms with Crippen LogP contribution in [0.3, 0.4) is 0 Å². The molecule has 0 aliphatic heterocycles. The molecule has 2 aliphatic carbocycles. The molecule has 4 aromatic rings. The van der Waals surface area contributed by atoms with Crippen LogP contribution in [0.25, 0.3) is 34.4 Å². The first-order valence-electron chi connectivity index (χ1n) is 16.5. The summed E-state index contributed by atoms with van der Waals surface area (Å²) < 4.78 is 0.217. The summed E-state index contributed by atoms with van der Waals surface area (Å²) in [6.45, 7) is 13.9. The summed E-state index contributed by atoms with van der Waals surface area (Å²) in [4.78, 5) is 0. The Hall–Kier alpha value is -1.96. The molecule has 2 aliphatic rings. The molecule has 227 valence electrons. The number of allylic oxidation sites excluding steroid dienone is 2. The molecule has 2 unspecified atom stereocenters. The van der Waals surface area contributed by atoms with Gasteiger partial charge in [0.05, 0.1) is 0 Å². The van der Waals surface area contributed by atoms with Gasteiger partial charge >= 0.3 is 276 Å². The van der Waals surface area contributed by atoms with E-state index >= 15 is 0 Å². The van der Waals surface area contributed by atoms with Crippen LogP contribution in [0.2, 0.25) is 13.1 Å². The number of fused-ring (bicyclic) bond motifs is 2. The third-order valence-electron chi connectivity index (χ3n) is 10.4. The summed E-state index contributed by atoms with van der Waals surface area (Å²) in [5, 5.41) is 0. The zero-order valence-corrected chi connectivity index (χ0v) is 32.2. The number of rotatable bonds is 9. The maximum atomic E-state index is 8.45. The van der Waals surface area contributed by atoms with Crippen LogP contribution in [-0.2, 0) is 28.4 Å². The van der Waals surface area contributed by atoms with Gasteiger partial charge in [-0.05, 0) is 0 Å². The summed E-state index contributed by atoms with van der Waals surface area (Å²) in [7, 11) is 16.9. The molecule has 0 saturated carbocycles. The molecule has 0 radical (unpaired) electrons. The zero-order chi connectivity index (χ0) is 31.2. The molecule has 4 aromatic carbocycles. The minimum atomic E-state index is -4.69. The number of hydrogen-bond acceptors (Lipinski definition) is 0. The number of halogens is 2. The van der Waals surface area contributed by atoms with Gasteiger partial charge in [-0.15, -0.1) is 0 Å². The van der Waals surface area contributed by atoms with Crippen molar-refractivity contribution >= 4 is 35.1 Å². The molecule has 0 N–H and O–H groups in total. The number of hydrogen-bond donors (Lipinski definition) is 0. The average molecular weight is 716 g/mol. The Morgan fingerprint density at radius 2 is 0.977 bits per heavy atom. The quantitative estimate of drug-likeness (QED) is 0.151. The molecule has 0 aromatic heterocycles. The van der Waals surface area contributed by atoms with E-state index in [4.69, 9.17) is 17.0 Å². The Balaban J connectivity index is 1.47. The molecule has 4 heteroatoms. The van der Waals surface area contributed by atoms with Crippen LogP contribution in [0.4, 0.5) is 0 Å². The first-order chi connectivity index (χ1) is 21.1. The fourth-order valence-corrected chi connectivity index (χ4v) is 41.1. The van der Waals surface area contributed by atoms with Gasteiger partial charge in [0.15, 0.2) is 0 Å². The van der Waals surface area contributed by atoms with Crippen molar-refractivity contribution in [3.05, 3.63) is 129 Å². The molecule has 2 atom stereocenters. The molecular formula is C40H45Cl2SiZr. The Kier molecular flexibility index (Phi) is 8.97. The molecule has 0 nitrogen and oxygen atoms in total.